The summed E-state index contributed by atoms with van der Waals surface area (Å²) in [5, 5.41) is 11.8. The molecule has 1 fully saturated rings. The van der Waals surface area contributed by atoms with Crippen LogP contribution in [0.2, 0.25) is 0 Å². The summed E-state index contributed by atoms with van der Waals surface area (Å²) in [6, 6.07) is 18.0. The minimum atomic E-state index is -0.288. The van der Waals surface area contributed by atoms with Crippen LogP contribution in [0.1, 0.15) is 12.0 Å². The number of benzene rings is 2. The zero-order valence-electron chi connectivity index (χ0n) is 16.8. The Balaban J connectivity index is 1.26. The predicted octanol–water partition coefficient (Wildman–Crippen LogP) is 3.55. The molecule has 3 aromatic rings. The lowest BCUT2D eigenvalue weighted by molar-refractivity contribution is 0.141. The average molecular weight is 392 g/mol. The Morgan fingerprint density at radius 2 is 1.83 bits per heavy atom. The number of pyridine rings is 1. The molecule has 29 heavy (non-hydrogen) atoms. The summed E-state index contributed by atoms with van der Waals surface area (Å²) in [7, 11) is 1.66. The van der Waals surface area contributed by atoms with Crippen molar-refractivity contribution in [1.82, 2.24) is 9.88 Å². The second-order valence-electron chi connectivity index (χ2n) is 7.66. The van der Waals surface area contributed by atoms with Crippen molar-refractivity contribution >= 4 is 10.9 Å². The first-order valence-corrected chi connectivity index (χ1v) is 10.2. The number of nitrogens with zero attached hydrogens (tertiary/aromatic N) is 2. The van der Waals surface area contributed by atoms with Crippen molar-refractivity contribution in [2.75, 3.05) is 33.4 Å². The van der Waals surface area contributed by atoms with Gasteiger partial charge in [0, 0.05) is 37.1 Å². The molecule has 1 aliphatic heterocycles. The number of para-hydroxylation sites is 1. The second-order valence-corrected chi connectivity index (χ2v) is 7.66. The number of aliphatic hydroxyl groups is 1. The first-order chi connectivity index (χ1) is 14.2. The zero-order chi connectivity index (χ0) is 20.1. The van der Waals surface area contributed by atoms with E-state index in [2.05, 4.69) is 22.0 Å². The molecule has 0 saturated carbocycles. The first-order valence-electron chi connectivity index (χ1n) is 10.2. The molecule has 1 N–H and O–H groups in total. The number of hydrogen-bond acceptors (Lipinski definition) is 5. The van der Waals surface area contributed by atoms with E-state index in [4.69, 9.17) is 9.47 Å². The lowest BCUT2D eigenvalue weighted by Gasteiger charge is -2.16. The molecule has 0 amide bonds. The summed E-state index contributed by atoms with van der Waals surface area (Å²) in [5.41, 5.74) is 2.29. The molecule has 4 rings (SSSR count). The summed E-state index contributed by atoms with van der Waals surface area (Å²) in [6.45, 7) is 3.25. The van der Waals surface area contributed by atoms with Gasteiger partial charge in [0.2, 0.25) is 0 Å². The van der Waals surface area contributed by atoms with E-state index in [9.17, 15) is 5.11 Å². The highest BCUT2D eigenvalue weighted by Gasteiger charge is 2.31. The van der Waals surface area contributed by atoms with Gasteiger partial charge in [-0.1, -0.05) is 18.2 Å². The van der Waals surface area contributed by atoms with Gasteiger partial charge in [-0.2, -0.15) is 0 Å². The smallest absolute Gasteiger partial charge is 0.119 e. The van der Waals surface area contributed by atoms with Gasteiger partial charge in [-0.05, 0) is 54.8 Å². The van der Waals surface area contributed by atoms with E-state index >= 15 is 0 Å². The van der Waals surface area contributed by atoms with Crippen molar-refractivity contribution in [3.05, 3.63) is 66.4 Å². The summed E-state index contributed by atoms with van der Waals surface area (Å²) in [5.74, 6) is 1.94. The van der Waals surface area contributed by atoms with Gasteiger partial charge in [-0.15, -0.1) is 0 Å². The molecule has 5 nitrogen and oxygen atoms in total. The summed E-state index contributed by atoms with van der Waals surface area (Å²) in [6.07, 6.45) is 3.39. The van der Waals surface area contributed by atoms with Gasteiger partial charge in [-0.25, -0.2) is 0 Å². The molecule has 2 atom stereocenters. The molecule has 5 heteroatoms. The third kappa shape index (κ3) is 4.86. The van der Waals surface area contributed by atoms with Crippen molar-refractivity contribution in [2.45, 2.75) is 18.9 Å². The van der Waals surface area contributed by atoms with Gasteiger partial charge in [-0.3, -0.25) is 4.98 Å². The Hall–Kier alpha value is -2.63. The van der Waals surface area contributed by atoms with Crippen LogP contribution in [0.5, 0.6) is 11.5 Å². The van der Waals surface area contributed by atoms with Crippen LogP contribution in [0.4, 0.5) is 0 Å². The summed E-state index contributed by atoms with van der Waals surface area (Å²) in [4.78, 5) is 6.78. The van der Waals surface area contributed by atoms with Gasteiger partial charge in [0.25, 0.3) is 0 Å². The normalized spacial score (nSPS) is 19.5. The van der Waals surface area contributed by atoms with Crippen LogP contribution >= 0.6 is 0 Å². The standard InChI is InChI=1S/C24H28N2O3/c1-28-20-7-9-21(10-8-20)29-14-4-13-26-16-19(24(27)17-26)15-18-11-12-25-23-6-3-2-5-22(18)23/h2-3,5-12,19,24,27H,4,13-17H2,1H3/t19-,24-/m1/s1. The molecule has 2 heterocycles. The SMILES string of the molecule is COc1ccc(OCCCN2C[C@@H](Cc3ccnc4ccccc34)[C@H](O)C2)cc1. The van der Waals surface area contributed by atoms with Gasteiger partial charge in [0.05, 0.1) is 25.3 Å². The maximum Gasteiger partial charge on any atom is 0.119 e. The number of rotatable bonds is 8. The van der Waals surface area contributed by atoms with Crippen LogP contribution in [-0.2, 0) is 6.42 Å². The Morgan fingerprint density at radius 3 is 2.66 bits per heavy atom. The van der Waals surface area contributed by atoms with Crippen molar-refractivity contribution in [3.63, 3.8) is 0 Å². The van der Waals surface area contributed by atoms with Crippen LogP contribution in [0.15, 0.2) is 60.8 Å². The van der Waals surface area contributed by atoms with Gasteiger partial charge >= 0.3 is 0 Å². The average Bonchev–Trinajstić information content (AvgIpc) is 3.11. The summed E-state index contributed by atoms with van der Waals surface area (Å²) < 4.78 is 11.0. The number of fused-ring (bicyclic) bond motifs is 1. The molecule has 0 unspecified atom stereocenters. The molecular formula is C24H28N2O3. The number of aliphatic hydroxyl groups excluding tert-OH is 1. The molecule has 0 radical (unpaired) electrons. The monoisotopic (exact) mass is 392 g/mol. The molecular weight excluding hydrogens is 364 g/mol. The number of likely N-dealkylation sites (tertiary alicyclic amines) is 1. The molecule has 2 aromatic carbocycles. The molecule has 1 aliphatic rings. The Kier molecular flexibility index (Phi) is 6.27. The fourth-order valence-electron chi connectivity index (χ4n) is 4.09. The van der Waals surface area contributed by atoms with Crippen molar-refractivity contribution < 1.29 is 14.6 Å². The quantitative estimate of drug-likeness (QED) is 0.594. The van der Waals surface area contributed by atoms with E-state index in [0.29, 0.717) is 6.61 Å². The second kappa shape index (κ2) is 9.25. The largest absolute Gasteiger partial charge is 0.497 e. The topological polar surface area (TPSA) is 54.8 Å². The van der Waals surface area contributed by atoms with Crippen molar-refractivity contribution in [1.29, 1.82) is 0 Å². The van der Waals surface area contributed by atoms with Gasteiger partial charge in [0.1, 0.15) is 11.5 Å². The zero-order valence-corrected chi connectivity index (χ0v) is 16.8. The molecule has 0 bridgehead atoms. The van der Waals surface area contributed by atoms with Gasteiger partial charge < -0.3 is 19.5 Å². The maximum absolute atomic E-state index is 10.6. The van der Waals surface area contributed by atoms with E-state index < -0.39 is 0 Å². The molecule has 1 aromatic heterocycles. The minimum Gasteiger partial charge on any atom is -0.497 e. The molecule has 0 aliphatic carbocycles. The fraction of sp³-hybridized carbons (Fsp3) is 0.375. The lowest BCUT2D eigenvalue weighted by Crippen LogP contribution is -2.24. The van der Waals surface area contributed by atoms with Crippen LogP contribution < -0.4 is 9.47 Å². The third-order valence-corrected chi connectivity index (χ3v) is 5.65. The lowest BCUT2D eigenvalue weighted by atomic mass is 9.94. The fourth-order valence-corrected chi connectivity index (χ4v) is 4.09. The molecule has 152 valence electrons. The highest BCUT2D eigenvalue weighted by atomic mass is 16.5. The van der Waals surface area contributed by atoms with E-state index in [-0.39, 0.29) is 12.0 Å². The van der Waals surface area contributed by atoms with E-state index in [0.717, 1.165) is 49.5 Å². The summed E-state index contributed by atoms with van der Waals surface area (Å²) >= 11 is 0. The number of methoxy groups -OCH3 is 1. The molecule has 0 spiro atoms. The van der Waals surface area contributed by atoms with Crippen molar-refractivity contribution in [2.24, 2.45) is 5.92 Å². The predicted molar refractivity (Wildman–Crippen MR) is 114 cm³/mol. The van der Waals surface area contributed by atoms with Crippen molar-refractivity contribution in [3.8, 4) is 11.5 Å². The van der Waals surface area contributed by atoms with Gasteiger partial charge in [0.15, 0.2) is 0 Å². The number of β-amino-alcohol motifs (C(OH)–C–C–N with tert-alkyl or cyclic N) is 1. The van der Waals surface area contributed by atoms with Crippen LogP contribution in [0.3, 0.4) is 0 Å². The third-order valence-electron chi connectivity index (χ3n) is 5.65. The highest BCUT2D eigenvalue weighted by Crippen LogP contribution is 2.25. The minimum absolute atomic E-state index is 0.253. The van der Waals surface area contributed by atoms with E-state index in [1.165, 1.54) is 10.9 Å². The van der Waals surface area contributed by atoms with Crippen LogP contribution in [0.25, 0.3) is 10.9 Å². The highest BCUT2D eigenvalue weighted by molar-refractivity contribution is 5.81. The number of aromatic nitrogens is 1. The Morgan fingerprint density at radius 1 is 1.03 bits per heavy atom. The van der Waals surface area contributed by atoms with Crippen LogP contribution in [-0.4, -0.2) is 54.4 Å². The number of hydrogen-bond donors (Lipinski definition) is 1. The van der Waals surface area contributed by atoms with E-state index in [1.807, 2.05) is 48.7 Å². The Bertz CT molecular complexity index is 924. The number of ether oxygens (including phenoxy) is 2. The van der Waals surface area contributed by atoms with E-state index in [1.54, 1.807) is 7.11 Å². The first kappa shape index (κ1) is 19.7. The van der Waals surface area contributed by atoms with Crippen LogP contribution in [0, 0.1) is 5.92 Å². The maximum atomic E-state index is 10.6. The molecule has 1 saturated heterocycles. The Labute approximate surface area is 171 Å².